The maximum absolute atomic E-state index is 14.9. The smallest absolute Gasteiger partial charge is 0.168 e. The van der Waals surface area contributed by atoms with Crippen LogP contribution < -0.4 is 5.32 Å². The topological polar surface area (TPSA) is 40.7 Å². The van der Waals surface area contributed by atoms with Crippen molar-refractivity contribution in [1.82, 2.24) is 10.2 Å². The Bertz CT molecular complexity index is 1280. The fraction of sp³-hybridized carbons (Fsp3) is 0.0455. The normalized spacial score (nSPS) is 11.2. The Kier molecular flexibility index (Phi) is 4.83. The average molecular weight is 440 g/mol. The molecule has 0 aliphatic heterocycles. The molecule has 2 N–H and O–H groups in total. The van der Waals surface area contributed by atoms with Gasteiger partial charge in [-0.1, -0.05) is 48.0 Å². The van der Waals surface area contributed by atoms with Gasteiger partial charge >= 0.3 is 0 Å². The molecule has 0 spiro atoms. The number of aromatic nitrogens is 2. The molecular weight excluding hydrogens is 425 g/mol. The van der Waals surface area contributed by atoms with Crippen LogP contribution in [0.25, 0.3) is 31.8 Å². The van der Waals surface area contributed by atoms with Gasteiger partial charge in [-0.15, -0.1) is 22.7 Å². The first-order valence-electron chi connectivity index (χ1n) is 8.98. The molecule has 0 radical (unpaired) electrons. The predicted molar refractivity (Wildman–Crippen MR) is 121 cm³/mol. The first-order valence-corrected chi connectivity index (χ1v) is 11.1. The number of anilines is 1. The zero-order chi connectivity index (χ0) is 19.8. The number of aromatic amines is 1. The van der Waals surface area contributed by atoms with Crippen molar-refractivity contribution in [1.29, 1.82) is 0 Å². The van der Waals surface area contributed by atoms with E-state index in [1.807, 2.05) is 36.4 Å². The Morgan fingerprint density at radius 2 is 1.90 bits per heavy atom. The number of halogens is 2. The fourth-order valence-electron chi connectivity index (χ4n) is 3.25. The van der Waals surface area contributed by atoms with Gasteiger partial charge in [-0.3, -0.25) is 5.10 Å². The molecule has 0 bridgehead atoms. The van der Waals surface area contributed by atoms with Crippen LogP contribution in [0.4, 0.5) is 10.2 Å². The molecule has 3 aromatic heterocycles. The van der Waals surface area contributed by atoms with Crippen LogP contribution in [-0.4, -0.2) is 10.2 Å². The van der Waals surface area contributed by atoms with Crippen molar-refractivity contribution >= 4 is 51.0 Å². The molecule has 0 amide bonds. The van der Waals surface area contributed by atoms with Gasteiger partial charge in [0.1, 0.15) is 5.52 Å². The second-order valence-electron chi connectivity index (χ2n) is 6.51. The van der Waals surface area contributed by atoms with Gasteiger partial charge in [-0.25, -0.2) is 4.39 Å². The van der Waals surface area contributed by atoms with Gasteiger partial charge in [0.15, 0.2) is 11.6 Å². The molecule has 5 aromatic rings. The Balaban J connectivity index is 1.46. The molecule has 3 heterocycles. The first kappa shape index (κ1) is 18.4. The largest absolute Gasteiger partial charge is 0.363 e. The van der Waals surface area contributed by atoms with E-state index in [9.17, 15) is 4.39 Å². The van der Waals surface area contributed by atoms with Crippen molar-refractivity contribution in [3.63, 3.8) is 0 Å². The lowest BCUT2D eigenvalue weighted by atomic mass is 10.0. The molecule has 0 atom stereocenters. The molecule has 0 saturated heterocycles. The second-order valence-corrected chi connectivity index (χ2v) is 9.00. The Hall–Kier alpha value is -2.67. The number of benzene rings is 2. The quantitative estimate of drug-likeness (QED) is 0.299. The third-order valence-electron chi connectivity index (χ3n) is 4.68. The lowest BCUT2D eigenvalue weighted by molar-refractivity contribution is 0.637. The van der Waals surface area contributed by atoms with Crippen LogP contribution in [0.15, 0.2) is 66.0 Å². The summed E-state index contributed by atoms with van der Waals surface area (Å²) in [6.45, 7) is 0.612. The summed E-state index contributed by atoms with van der Waals surface area (Å²) in [5.74, 6) is 0.124. The predicted octanol–water partition coefficient (Wildman–Crippen LogP) is 7.42. The lowest BCUT2D eigenvalue weighted by Gasteiger charge is -2.08. The van der Waals surface area contributed by atoms with E-state index >= 15 is 0 Å². The number of nitrogens with zero attached hydrogens (tertiary/aromatic N) is 1. The van der Waals surface area contributed by atoms with Crippen LogP contribution in [0.1, 0.15) is 4.88 Å². The fourth-order valence-corrected chi connectivity index (χ4v) is 5.29. The maximum Gasteiger partial charge on any atom is 0.168 e. The number of H-pyrrole nitrogens is 1. The number of hydrogen-bond acceptors (Lipinski definition) is 4. The number of rotatable bonds is 5. The van der Waals surface area contributed by atoms with Gasteiger partial charge in [0.25, 0.3) is 0 Å². The van der Waals surface area contributed by atoms with Gasteiger partial charge in [0.05, 0.1) is 11.6 Å². The Morgan fingerprint density at radius 3 is 2.69 bits per heavy atom. The van der Waals surface area contributed by atoms with E-state index in [2.05, 4.69) is 45.2 Å². The molecular formula is C22H15ClFN3S2. The zero-order valence-electron chi connectivity index (χ0n) is 15.1. The molecule has 144 valence electrons. The SMILES string of the molecule is Fc1c(Cl)c(-c2ccccc2)cc2c(NCc3ccc(-c4cccs4)s3)n[nH]c12. The summed E-state index contributed by atoms with van der Waals surface area (Å²) in [6, 6.07) is 19.8. The van der Waals surface area contributed by atoms with E-state index in [1.165, 1.54) is 14.6 Å². The van der Waals surface area contributed by atoms with Gasteiger partial charge in [0, 0.05) is 25.6 Å². The highest BCUT2D eigenvalue weighted by Crippen LogP contribution is 2.37. The molecule has 0 aliphatic carbocycles. The van der Waals surface area contributed by atoms with Crippen molar-refractivity contribution < 1.29 is 4.39 Å². The van der Waals surface area contributed by atoms with E-state index in [0.717, 1.165) is 5.56 Å². The highest BCUT2D eigenvalue weighted by Gasteiger charge is 2.18. The summed E-state index contributed by atoms with van der Waals surface area (Å²) < 4.78 is 14.9. The molecule has 7 heteroatoms. The monoisotopic (exact) mass is 439 g/mol. The molecule has 0 unspecified atom stereocenters. The van der Waals surface area contributed by atoms with Gasteiger partial charge < -0.3 is 5.32 Å². The number of thiophene rings is 2. The van der Waals surface area contributed by atoms with Crippen LogP contribution >= 0.6 is 34.3 Å². The number of hydrogen-bond donors (Lipinski definition) is 2. The molecule has 5 rings (SSSR count). The minimum absolute atomic E-state index is 0.0951. The lowest BCUT2D eigenvalue weighted by Crippen LogP contribution is -1.98. The van der Waals surface area contributed by atoms with Crippen LogP contribution in [0.2, 0.25) is 5.02 Å². The molecule has 0 fully saturated rings. The number of fused-ring (bicyclic) bond motifs is 1. The van der Waals surface area contributed by atoms with Crippen molar-refractivity contribution in [3.8, 4) is 20.9 Å². The summed E-state index contributed by atoms with van der Waals surface area (Å²) in [7, 11) is 0. The van der Waals surface area contributed by atoms with Gasteiger partial charge in [0.2, 0.25) is 0 Å². The third-order valence-corrected chi connectivity index (χ3v) is 7.20. The number of nitrogens with one attached hydrogen (secondary N) is 2. The van der Waals surface area contributed by atoms with Crippen LogP contribution in [0, 0.1) is 5.82 Å². The van der Waals surface area contributed by atoms with Gasteiger partial charge in [-0.2, -0.15) is 5.10 Å². The molecule has 2 aromatic carbocycles. The summed E-state index contributed by atoms with van der Waals surface area (Å²) in [4.78, 5) is 3.69. The minimum Gasteiger partial charge on any atom is -0.363 e. The van der Waals surface area contributed by atoms with E-state index in [-0.39, 0.29) is 5.02 Å². The maximum atomic E-state index is 14.9. The molecule has 0 aliphatic rings. The summed E-state index contributed by atoms with van der Waals surface area (Å²) in [6.07, 6.45) is 0. The third kappa shape index (κ3) is 3.44. The van der Waals surface area contributed by atoms with Crippen molar-refractivity contribution in [2.75, 3.05) is 5.32 Å². The second kappa shape index (κ2) is 7.63. The molecule has 0 saturated carbocycles. The Labute approximate surface area is 179 Å². The Morgan fingerprint density at radius 1 is 1.03 bits per heavy atom. The van der Waals surface area contributed by atoms with E-state index in [4.69, 9.17) is 11.6 Å². The average Bonchev–Trinajstić information content (AvgIpc) is 3.50. The van der Waals surface area contributed by atoms with E-state index in [1.54, 1.807) is 22.7 Å². The molecule has 3 nitrogen and oxygen atoms in total. The summed E-state index contributed by atoms with van der Waals surface area (Å²) >= 11 is 9.77. The van der Waals surface area contributed by atoms with E-state index < -0.39 is 5.82 Å². The van der Waals surface area contributed by atoms with E-state index in [0.29, 0.717) is 28.8 Å². The molecule has 29 heavy (non-hydrogen) atoms. The highest BCUT2D eigenvalue weighted by molar-refractivity contribution is 7.21. The standard InChI is InChI=1S/C22H15ClFN3S2/c23-19-15(13-5-2-1-3-6-13)11-16-21(20(19)24)26-27-22(16)25-12-14-8-9-18(29-14)17-7-4-10-28-17/h1-11H,12H2,(H2,25,26,27). The minimum atomic E-state index is -0.486. The zero-order valence-corrected chi connectivity index (χ0v) is 17.5. The van der Waals surface area contributed by atoms with Crippen LogP contribution in [0.5, 0.6) is 0 Å². The van der Waals surface area contributed by atoms with Crippen molar-refractivity contribution in [2.24, 2.45) is 0 Å². The van der Waals surface area contributed by atoms with Crippen LogP contribution in [0.3, 0.4) is 0 Å². The first-order chi connectivity index (χ1) is 14.2. The van der Waals surface area contributed by atoms with Crippen molar-refractivity contribution in [2.45, 2.75) is 6.54 Å². The highest BCUT2D eigenvalue weighted by atomic mass is 35.5. The summed E-state index contributed by atoms with van der Waals surface area (Å²) in [5, 5.41) is 13.2. The van der Waals surface area contributed by atoms with Crippen molar-refractivity contribution in [3.05, 3.63) is 81.8 Å². The van der Waals surface area contributed by atoms with Crippen LogP contribution in [-0.2, 0) is 6.54 Å². The van der Waals surface area contributed by atoms with Gasteiger partial charge in [-0.05, 0) is 35.2 Å². The summed E-state index contributed by atoms with van der Waals surface area (Å²) in [5.41, 5.74) is 1.82.